The fraction of sp³-hybridized carbons (Fsp3) is 0.600. The van der Waals surface area contributed by atoms with E-state index in [0.717, 1.165) is 6.20 Å². The lowest BCUT2D eigenvalue weighted by Crippen LogP contribution is -2.48. The molecule has 1 fully saturated rings. The predicted molar refractivity (Wildman–Crippen MR) is 62.9 cm³/mol. The largest absolute Gasteiger partial charge is 0.462 e. The van der Waals surface area contributed by atoms with Crippen molar-refractivity contribution >= 4 is 16.0 Å². The highest BCUT2D eigenvalue weighted by molar-refractivity contribution is 7.89. The van der Waals surface area contributed by atoms with Crippen molar-refractivity contribution in [1.29, 1.82) is 0 Å². The van der Waals surface area contributed by atoms with Crippen LogP contribution in [0.3, 0.4) is 0 Å². The number of rotatable bonds is 5. The normalized spacial score (nSPS) is 17.5. The molecule has 1 aromatic heterocycles. The second-order valence-corrected chi connectivity index (χ2v) is 6.14. The number of H-pyrrole nitrogens is 1. The second kappa shape index (κ2) is 4.98. The summed E-state index contributed by atoms with van der Waals surface area (Å²) in [5.41, 5.74) is -2.91. The molecule has 0 aromatic carbocycles. The topological polar surface area (TPSA) is 101 Å². The molecule has 21 heavy (non-hydrogen) atoms. The van der Waals surface area contributed by atoms with Gasteiger partial charge >= 0.3 is 12.1 Å². The van der Waals surface area contributed by atoms with Crippen LogP contribution < -0.4 is 4.72 Å². The molecule has 0 unspecified atom stereocenters. The van der Waals surface area contributed by atoms with E-state index in [2.05, 4.69) is 9.84 Å². The van der Waals surface area contributed by atoms with E-state index in [1.807, 2.05) is 5.10 Å². The van der Waals surface area contributed by atoms with Crippen LogP contribution in [0.15, 0.2) is 11.2 Å². The molecule has 2 rings (SSSR count). The minimum atomic E-state index is -4.70. The lowest BCUT2D eigenvalue weighted by molar-refractivity contribution is -0.160. The summed E-state index contributed by atoms with van der Waals surface area (Å²) in [6.07, 6.45) is -4.51. The standard InChI is InChI=1S/C10H12F3N3O4S/c1-2-20-8(17)6-5-14-15-7(6)21(18,19)16-9(3-4-9)10(11,12)13/h5,16H,2-4H2,1H3,(H,14,15). The van der Waals surface area contributed by atoms with Gasteiger partial charge in [0.25, 0.3) is 10.0 Å². The molecule has 2 N–H and O–H groups in total. The highest BCUT2D eigenvalue weighted by Crippen LogP contribution is 2.49. The number of halogens is 3. The van der Waals surface area contributed by atoms with Gasteiger partial charge in [0, 0.05) is 0 Å². The lowest BCUT2D eigenvalue weighted by Gasteiger charge is -2.20. The van der Waals surface area contributed by atoms with Gasteiger partial charge in [-0.15, -0.1) is 0 Å². The molecule has 1 aliphatic rings. The number of ether oxygens (including phenoxy) is 1. The Kier molecular flexibility index (Phi) is 3.74. The average molecular weight is 327 g/mol. The molecule has 1 aliphatic carbocycles. The monoisotopic (exact) mass is 327 g/mol. The molecule has 0 bridgehead atoms. The Labute approximate surface area is 117 Å². The maximum absolute atomic E-state index is 12.8. The fourth-order valence-corrected chi connectivity index (χ4v) is 3.24. The van der Waals surface area contributed by atoms with Gasteiger partial charge in [-0.2, -0.15) is 23.0 Å². The van der Waals surface area contributed by atoms with Crippen LogP contribution in [-0.4, -0.2) is 42.9 Å². The van der Waals surface area contributed by atoms with Crippen molar-refractivity contribution in [3.05, 3.63) is 11.8 Å². The van der Waals surface area contributed by atoms with E-state index in [1.165, 1.54) is 6.92 Å². The number of esters is 1. The van der Waals surface area contributed by atoms with Crippen LogP contribution in [-0.2, 0) is 14.8 Å². The van der Waals surface area contributed by atoms with Gasteiger partial charge in [0.2, 0.25) is 0 Å². The summed E-state index contributed by atoms with van der Waals surface area (Å²) >= 11 is 0. The molecule has 0 aliphatic heterocycles. The predicted octanol–water partition coefficient (Wildman–Crippen LogP) is 0.960. The van der Waals surface area contributed by atoms with Gasteiger partial charge in [0.15, 0.2) is 5.03 Å². The van der Waals surface area contributed by atoms with Crippen LogP contribution >= 0.6 is 0 Å². The Balaban J connectivity index is 2.30. The number of alkyl halides is 3. The van der Waals surface area contributed by atoms with E-state index >= 15 is 0 Å². The number of nitrogens with zero attached hydrogens (tertiary/aromatic N) is 1. The molecule has 1 saturated carbocycles. The van der Waals surface area contributed by atoms with Gasteiger partial charge in [-0.25, -0.2) is 13.2 Å². The molecular formula is C10H12F3N3O4S. The summed E-state index contributed by atoms with van der Waals surface area (Å²) in [6, 6.07) is 0. The van der Waals surface area contributed by atoms with Gasteiger partial charge in [0.1, 0.15) is 11.1 Å². The van der Waals surface area contributed by atoms with Crippen molar-refractivity contribution < 1.29 is 31.1 Å². The van der Waals surface area contributed by atoms with Crippen LogP contribution in [0.4, 0.5) is 13.2 Å². The Morgan fingerprint density at radius 1 is 1.52 bits per heavy atom. The van der Waals surface area contributed by atoms with Gasteiger partial charge in [-0.1, -0.05) is 0 Å². The van der Waals surface area contributed by atoms with E-state index in [-0.39, 0.29) is 19.4 Å². The maximum atomic E-state index is 12.8. The Morgan fingerprint density at radius 2 is 2.14 bits per heavy atom. The Bertz CT molecular complexity index is 649. The van der Waals surface area contributed by atoms with Crippen LogP contribution in [0.25, 0.3) is 0 Å². The molecule has 0 atom stereocenters. The van der Waals surface area contributed by atoms with Crippen LogP contribution in [0, 0.1) is 0 Å². The molecule has 11 heteroatoms. The first kappa shape index (κ1) is 15.8. The van der Waals surface area contributed by atoms with E-state index in [9.17, 15) is 26.4 Å². The second-order valence-electron chi connectivity index (χ2n) is 4.52. The van der Waals surface area contributed by atoms with Crippen molar-refractivity contribution in [3.63, 3.8) is 0 Å². The van der Waals surface area contributed by atoms with Crippen LogP contribution in [0.1, 0.15) is 30.1 Å². The van der Waals surface area contributed by atoms with Crippen LogP contribution in [0.2, 0.25) is 0 Å². The zero-order valence-electron chi connectivity index (χ0n) is 10.8. The fourth-order valence-electron chi connectivity index (χ4n) is 1.71. The smallest absolute Gasteiger partial charge is 0.407 e. The third kappa shape index (κ3) is 2.88. The quantitative estimate of drug-likeness (QED) is 0.785. The van der Waals surface area contributed by atoms with E-state index < -0.39 is 38.3 Å². The van der Waals surface area contributed by atoms with Gasteiger partial charge in [-0.3, -0.25) is 5.10 Å². The van der Waals surface area contributed by atoms with Crippen molar-refractivity contribution in [2.75, 3.05) is 6.61 Å². The third-order valence-corrected chi connectivity index (χ3v) is 4.50. The molecule has 0 amide bonds. The summed E-state index contributed by atoms with van der Waals surface area (Å²) in [6.45, 7) is 1.50. The molecular weight excluding hydrogens is 315 g/mol. The number of aromatic amines is 1. The van der Waals surface area contributed by atoms with Gasteiger partial charge in [0.05, 0.1) is 12.8 Å². The van der Waals surface area contributed by atoms with Gasteiger partial charge < -0.3 is 4.74 Å². The summed E-state index contributed by atoms with van der Waals surface area (Å²) in [7, 11) is -4.58. The number of carbonyl (C=O) groups excluding carboxylic acids is 1. The minimum Gasteiger partial charge on any atom is -0.462 e. The highest BCUT2D eigenvalue weighted by Gasteiger charge is 2.65. The average Bonchev–Trinajstić information content (AvgIpc) is 2.95. The third-order valence-electron chi connectivity index (χ3n) is 2.99. The first-order valence-corrected chi connectivity index (χ1v) is 7.42. The van der Waals surface area contributed by atoms with E-state index in [1.54, 1.807) is 4.72 Å². The van der Waals surface area contributed by atoms with Gasteiger partial charge in [-0.05, 0) is 19.8 Å². The molecule has 0 spiro atoms. The number of aromatic nitrogens is 2. The lowest BCUT2D eigenvalue weighted by atomic mass is 10.3. The molecule has 1 aromatic rings. The minimum absolute atomic E-state index is 0.0105. The van der Waals surface area contributed by atoms with Crippen molar-refractivity contribution in [2.24, 2.45) is 0 Å². The number of nitrogens with one attached hydrogen (secondary N) is 2. The first-order valence-electron chi connectivity index (χ1n) is 5.94. The maximum Gasteiger partial charge on any atom is 0.407 e. The summed E-state index contributed by atoms with van der Waals surface area (Å²) in [4.78, 5) is 11.6. The van der Waals surface area contributed by atoms with Crippen molar-refractivity contribution in [1.82, 2.24) is 14.9 Å². The highest BCUT2D eigenvalue weighted by atomic mass is 32.2. The molecule has 0 radical (unpaired) electrons. The van der Waals surface area contributed by atoms with E-state index in [4.69, 9.17) is 0 Å². The van der Waals surface area contributed by atoms with E-state index in [0.29, 0.717) is 0 Å². The number of hydrogen-bond acceptors (Lipinski definition) is 5. The molecule has 0 saturated heterocycles. The molecule has 118 valence electrons. The zero-order valence-corrected chi connectivity index (χ0v) is 11.6. The Morgan fingerprint density at radius 3 is 2.62 bits per heavy atom. The first-order chi connectivity index (χ1) is 9.63. The summed E-state index contributed by atoms with van der Waals surface area (Å²) in [5.74, 6) is -0.983. The van der Waals surface area contributed by atoms with Crippen LogP contribution in [0.5, 0.6) is 0 Å². The molecule has 1 heterocycles. The van der Waals surface area contributed by atoms with Crippen molar-refractivity contribution in [2.45, 2.75) is 36.5 Å². The number of hydrogen-bond donors (Lipinski definition) is 2. The Hall–Kier alpha value is -1.62. The SMILES string of the molecule is CCOC(=O)c1cn[nH]c1S(=O)(=O)NC1(C(F)(F)F)CC1. The zero-order chi connectivity index (χ0) is 15.9. The number of sulfonamides is 1. The summed E-state index contributed by atoms with van der Waals surface area (Å²) < 4.78 is 68.7. The molecule has 7 nitrogen and oxygen atoms in total. The summed E-state index contributed by atoms with van der Waals surface area (Å²) in [5, 5.41) is 4.66. The number of carbonyl (C=O) groups is 1. The van der Waals surface area contributed by atoms with Crippen molar-refractivity contribution in [3.8, 4) is 0 Å².